The van der Waals surface area contributed by atoms with Gasteiger partial charge in [-0.05, 0) is 24.6 Å². The van der Waals surface area contributed by atoms with Gasteiger partial charge in [0.15, 0.2) is 0 Å². The molecular weight excluding hydrogens is 282 g/mol. The molecule has 0 fully saturated rings. The second kappa shape index (κ2) is 7.99. The molecule has 1 atom stereocenters. The Hall–Kier alpha value is -2.60. The van der Waals surface area contributed by atoms with Crippen LogP contribution in [0, 0.1) is 0 Å². The van der Waals surface area contributed by atoms with Crippen molar-refractivity contribution in [1.82, 2.24) is 16.0 Å². The highest BCUT2D eigenvalue weighted by Gasteiger charge is 2.22. The number of hydrogen-bond acceptors (Lipinski definition) is 4. The minimum atomic E-state index is -0.645. The maximum absolute atomic E-state index is 12.3. The number of hydrogen-bond donors (Lipinski definition) is 3. The first-order valence-corrected chi connectivity index (χ1v) is 7.10. The van der Waals surface area contributed by atoms with Gasteiger partial charge in [-0.15, -0.1) is 0 Å². The normalized spacial score (nSPS) is 11.7. The van der Waals surface area contributed by atoms with Crippen LogP contribution in [0.5, 0.6) is 0 Å². The Morgan fingerprint density at radius 1 is 1.14 bits per heavy atom. The van der Waals surface area contributed by atoms with Crippen molar-refractivity contribution in [1.29, 1.82) is 0 Å². The summed E-state index contributed by atoms with van der Waals surface area (Å²) in [7, 11) is 0. The van der Waals surface area contributed by atoms with Crippen molar-refractivity contribution in [3.8, 4) is 0 Å². The Kier molecular flexibility index (Phi) is 5.73. The van der Waals surface area contributed by atoms with Crippen LogP contribution < -0.4 is 16.0 Å². The van der Waals surface area contributed by atoms with E-state index in [0.717, 1.165) is 5.56 Å². The van der Waals surface area contributed by atoms with Crippen LogP contribution in [0.4, 0.5) is 4.79 Å². The van der Waals surface area contributed by atoms with Crippen molar-refractivity contribution in [2.75, 3.05) is 6.54 Å². The summed E-state index contributed by atoms with van der Waals surface area (Å²) < 4.78 is 5.25. The number of carbonyl (C=O) groups is 2. The van der Waals surface area contributed by atoms with Crippen molar-refractivity contribution in [2.45, 2.75) is 19.5 Å². The number of carbonyl (C=O) groups excluding carboxylic acids is 2. The van der Waals surface area contributed by atoms with E-state index in [1.54, 1.807) is 19.3 Å². The molecule has 2 rings (SSSR count). The van der Waals surface area contributed by atoms with Crippen molar-refractivity contribution in [2.24, 2.45) is 0 Å². The SMILES string of the molecule is CCNC(=O)NC(=O)[C@H](NCc1ccco1)c1ccccc1. The van der Waals surface area contributed by atoms with Crippen LogP contribution in [0.3, 0.4) is 0 Å². The molecule has 0 saturated carbocycles. The topological polar surface area (TPSA) is 83.4 Å². The molecule has 1 aromatic heterocycles. The van der Waals surface area contributed by atoms with E-state index in [4.69, 9.17) is 4.42 Å². The van der Waals surface area contributed by atoms with Crippen LogP contribution in [0.15, 0.2) is 53.1 Å². The fraction of sp³-hybridized carbons (Fsp3) is 0.250. The first-order valence-electron chi connectivity index (χ1n) is 7.10. The molecule has 0 saturated heterocycles. The lowest BCUT2D eigenvalue weighted by atomic mass is 10.1. The number of amides is 3. The maximum atomic E-state index is 12.3. The highest BCUT2D eigenvalue weighted by atomic mass is 16.3. The molecule has 6 heteroatoms. The Bertz CT molecular complexity index is 596. The van der Waals surface area contributed by atoms with E-state index >= 15 is 0 Å². The largest absolute Gasteiger partial charge is 0.468 e. The Morgan fingerprint density at radius 2 is 1.91 bits per heavy atom. The Labute approximate surface area is 128 Å². The molecular formula is C16H19N3O3. The second-order valence-electron chi connectivity index (χ2n) is 4.65. The molecule has 1 aromatic carbocycles. The molecule has 1 heterocycles. The van der Waals surface area contributed by atoms with Crippen molar-refractivity contribution in [3.05, 3.63) is 60.1 Å². The van der Waals surface area contributed by atoms with Gasteiger partial charge in [0, 0.05) is 6.54 Å². The molecule has 0 bridgehead atoms. The summed E-state index contributed by atoms with van der Waals surface area (Å²) in [6.07, 6.45) is 1.57. The monoisotopic (exact) mass is 301 g/mol. The first kappa shape index (κ1) is 15.8. The summed E-state index contributed by atoms with van der Waals surface area (Å²) in [6.45, 7) is 2.62. The molecule has 0 unspecified atom stereocenters. The van der Waals surface area contributed by atoms with E-state index in [2.05, 4.69) is 16.0 Å². The molecule has 0 aliphatic rings. The lowest BCUT2D eigenvalue weighted by Gasteiger charge is -2.18. The zero-order valence-electron chi connectivity index (χ0n) is 12.3. The molecule has 0 radical (unpaired) electrons. The van der Waals surface area contributed by atoms with Crippen LogP contribution in [0.1, 0.15) is 24.3 Å². The smallest absolute Gasteiger partial charge is 0.321 e. The van der Waals surface area contributed by atoms with E-state index < -0.39 is 18.0 Å². The molecule has 22 heavy (non-hydrogen) atoms. The predicted octanol–water partition coefficient (Wildman–Crippen LogP) is 1.96. The zero-order chi connectivity index (χ0) is 15.8. The van der Waals surface area contributed by atoms with Gasteiger partial charge >= 0.3 is 6.03 Å². The van der Waals surface area contributed by atoms with Crippen LogP contribution >= 0.6 is 0 Å². The molecule has 116 valence electrons. The van der Waals surface area contributed by atoms with Crippen molar-refractivity contribution in [3.63, 3.8) is 0 Å². The van der Waals surface area contributed by atoms with Crippen molar-refractivity contribution < 1.29 is 14.0 Å². The second-order valence-corrected chi connectivity index (χ2v) is 4.65. The van der Waals surface area contributed by atoms with Crippen LogP contribution in [0.25, 0.3) is 0 Å². The number of furan rings is 1. The average Bonchev–Trinajstić information content (AvgIpc) is 3.02. The van der Waals surface area contributed by atoms with Gasteiger partial charge in [-0.3, -0.25) is 15.4 Å². The quantitative estimate of drug-likeness (QED) is 0.761. The number of benzene rings is 1. The number of imide groups is 1. The van der Waals surface area contributed by atoms with Crippen molar-refractivity contribution >= 4 is 11.9 Å². The number of rotatable bonds is 6. The predicted molar refractivity (Wildman–Crippen MR) is 81.9 cm³/mol. The Balaban J connectivity index is 2.07. The third-order valence-electron chi connectivity index (χ3n) is 3.03. The van der Waals surface area contributed by atoms with Gasteiger partial charge in [0.2, 0.25) is 5.91 Å². The van der Waals surface area contributed by atoms with Gasteiger partial charge in [0.1, 0.15) is 11.8 Å². The molecule has 0 aliphatic carbocycles. The van der Waals surface area contributed by atoms with E-state index in [0.29, 0.717) is 18.8 Å². The molecule has 2 aromatic rings. The maximum Gasteiger partial charge on any atom is 0.321 e. The van der Waals surface area contributed by atoms with Gasteiger partial charge in [-0.25, -0.2) is 4.79 Å². The minimum absolute atomic E-state index is 0.384. The fourth-order valence-electron chi connectivity index (χ4n) is 2.01. The lowest BCUT2D eigenvalue weighted by molar-refractivity contribution is -0.122. The van der Waals surface area contributed by atoms with Gasteiger partial charge in [0.05, 0.1) is 12.8 Å². The average molecular weight is 301 g/mol. The highest BCUT2D eigenvalue weighted by molar-refractivity contribution is 5.97. The third kappa shape index (κ3) is 4.46. The van der Waals surface area contributed by atoms with Gasteiger partial charge in [0.25, 0.3) is 0 Å². The van der Waals surface area contributed by atoms with E-state index in [-0.39, 0.29) is 0 Å². The summed E-state index contributed by atoms with van der Waals surface area (Å²) in [5, 5.41) is 7.96. The van der Waals surface area contributed by atoms with Crippen LogP contribution in [-0.4, -0.2) is 18.5 Å². The lowest BCUT2D eigenvalue weighted by Crippen LogP contribution is -2.44. The first-order chi connectivity index (χ1) is 10.7. The number of nitrogens with one attached hydrogen (secondary N) is 3. The molecule has 3 amide bonds. The molecule has 0 aliphatic heterocycles. The highest BCUT2D eigenvalue weighted by Crippen LogP contribution is 2.14. The summed E-state index contributed by atoms with van der Waals surface area (Å²) in [6, 6.07) is 11.7. The summed E-state index contributed by atoms with van der Waals surface area (Å²) in [5.41, 5.74) is 0.774. The molecule has 3 N–H and O–H groups in total. The summed E-state index contributed by atoms with van der Waals surface area (Å²) in [4.78, 5) is 23.9. The summed E-state index contributed by atoms with van der Waals surface area (Å²) >= 11 is 0. The van der Waals surface area contributed by atoms with Gasteiger partial charge < -0.3 is 9.73 Å². The van der Waals surface area contributed by atoms with E-state index in [1.165, 1.54) is 0 Å². The molecule has 6 nitrogen and oxygen atoms in total. The summed E-state index contributed by atoms with van der Waals surface area (Å²) in [5.74, 6) is 0.301. The van der Waals surface area contributed by atoms with E-state index in [1.807, 2.05) is 36.4 Å². The number of urea groups is 1. The zero-order valence-corrected chi connectivity index (χ0v) is 12.3. The molecule has 0 spiro atoms. The van der Waals surface area contributed by atoms with Gasteiger partial charge in [-0.1, -0.05) is 30.3 Å². The Morgan fingerprint density at radius 3 is 2.55 bits per heavy atom. The van der Waals surface area contributed by atoms with Crippen LogP contribution in [-0.2, 0) is 11.3 Å². The fourth-order valence-corrected chi connectivity index (χ4v) is 2.01. The standard InChI is InChI=1S/C16H19N3O3/c1-2-17-16(21)19-15(20)14(12-7-4-3-5-8-12)18-11-13-9-6-10-22-13/h3-10,14,18H,2,11H2,1H3,(H2,17,19,20,21)/t14-/m1/s1. The third-order valence-corrected chi connectivity index (χ3v) is 3.03. The minimum Gasteiger partial charge on any atom is -0.468 e. The van der Waals surface area contributed by atoms with Gasteiger partial charge in [-0.2, -0.15) is 0 Å². The van der Waals surface area contributed by atoms with Crippen LogP contribution in [0.2, 0.25) is 0 Å². The van der Waals surface area contributed by atoms with E-state index in [9.17, 15) is 9.59 Å².